The highest BCUT2D eigenvalue weighted by Crippen LogP contribution is 2.65. The number of carbonyl (C=O) groups excluding carboxylic acids is 4. The van der Waals surface area contributed by atoms with Gasteiger partial charge >= 0.3 is 0 Å². The third-order valence-corrected chi connectivity index (χ3v) is 13.4. The predicted molar refractivity (Wildman–Crippen MR) is 176 cm³/mol. The van der Waals surface area contributed by atoms with Crippen LogP contribution in [0.25, 0.3) is 0 Å². The van der Waals surface area contributed by atoms with Crippen LogP contribution >= 0.6 is 54.8 Å². The molecule has 7 rings (SSSR count). The molecule has 6 unspecified atom stereocenters. The molecule has 4 amide bonds. The number of methoxy groups -OCH3 is 1. The number of rotatable bonds is 5. The van der Waals surface area contributed by atoms with E-state index < -0.39 is 52.6 Å². The number of fused-ring (bicyclic) bond motifs is 4. The second-order valence-corrected chi connectivity index (χ2v) is 15.3. The number of anilines is 1. The molecular weight excluding hydrogens is 767 g/mol. The fourth-order valence-electron chi connectivity index (χ4n) is 7.99. The Morgan fingerprint density at radius 1 is 1.09 bits per heavy atom. The van der Waals surface area contributed by atoms with Crippen molar-refractivity contribution in [3.8, 4) is 11.5 Å². The lowest BCUT2D eigenvalue weighted by molar-refractivity contribution is -0.141. The van der Waals surface area contributed by atoms with E-state index in [1.165, 1.54) is 35.5 Å². The van der Waals surface area contributed by atoms with Gasteiger partial charge in [0.2, 0.25) is 23.6 Å². The average Bonchev–Trinajstić information content (AvgIpc) is 3.69. The van der Waals surface area contributed by atoms with Gasteiger partial charge < -0.3 is 9.84 Å². The van der Waals surface area contributed by atoms with Gasteiger partial charge in [-0.05, 0) is 98.8 Å². The molecule has 3 fully saturated rings. The molecule has 1 N–H and O–H groups in total. The highest BCUT2D eigenvalue weighted by atomic mass is 79.9. The maximum Gasteiger partial charge on any atom is 0.241 e. The molecule has 2 saturated heterocycles. The Kier molecular flexibility index (Phi) is 7.73. The minimum Gasteiger partial charge on any atom is -0.503 e. The number of phenolic OH excluding ortho intramolecular Hbond substituents is 1. The minimum absolute atomic E-state index is 0.142. The number of nitrogens with zero attached hydrogens (tertiary/aromatic N) is 2. The van der Waals surface area contributed by atoms with Gasteiger partial charge in [-0.3, -0.25) is 24.1 Å². The van der Waals surface area contributed by atoms with Gasteiger partial charge in [-0.2, -0.15) is 0 Å². The summed E-state index contributed by atoms with van der Waals surface area (Å²) in [6.45, 7) is 1.92. The zero-order valence-corrected chi connectivity index (χ0v) is 29.2. The maximum absolute atomic E-state index is 14.6. The van der Waals surface area contributed by atoms with Crippen LogP contribution in [0.15, 0.2) is 62.4 Å². The molecule has 238 valence electrons. The van der Waals surface area contributed by atoms with Crippen molar-refractivity contribution in [2.75, 3.05) is 12.0 Å². The summed E-state index contributed by atoms with van der Waals surface area (Å²) in [5, 5.41) is 12.4. The SMILES string of the molecule is COc1cc(C2C3=CCC4C(=O)N(Cc5cccs5)C(=O)C4C3CC3C(=O)N(c4ccc(F)c(Cl)c4)C(=O)C32C)c(Br)c(Br)c1O. The molecule has 1 saturated carbocycles. The second kappa shape index (κ2) is 11.3. The standard InChI is InChI=1S/C33H26Br2ClFN2O6S/c1-33-20(30(42)39(32(33)44)14-5-8-22(37)21(36)10-14)11-18-16(25(33)19-12-23(45-2)28(40)27(35)26(19)34)6-7-17-24(18)31(43)38(29(17)41)13-15-4-3-9-46-15/h3-6,8-10,12,17-18,20,24-25,40H,7,11,13H2,1-2H3. The zero-order chi connectivity index (χ0) is 32.8. The van der Waals surface area contributed by atoms with E-state index >= 15 is 0 Å². The number of carbonyl (C=O) groups is 4. The Balaban J connectivity index is 1.40. The number of halogens is 4. The molecule has 2 aliphatic carbocycles. The summed E-state index contributed by atoms with van der Waals surface area (Å²) in [6.07, 6.45) is 2.41. The summed E-state index contributed by atoms with van der Waals surface area (Å²) in [4.78, 5) is 60.0. The van der Waals surface area contributed by atoms with Gasteiger partial charge in [0.25, 0.3) is 0 Å². The molecule has 2 aromatic carbocycles. The molecule has 8 nitrogen and oxygen atoms in total. The number of aromatic hydroxyl groups is 1. The number of amides is 4. The molecule has 13 heteroatoms. The minimum atomic E-state index is -1.36. The summed E-state index contributed by atoms with van der Waals surface area (Å²) in [5.41, 5.74) is 0.123. The van der Waals surface area contributed by atoms with Crippen molar-refractivity contribution >= 4 is 84.1 Å². The lowest BCUT2D eigenvalue weighted by Crippen LogP contribution is -2.49. The third kappa shape index (κ3) is 4.39. The maximum atomic E-state index is 14.6. The first-order valence-electron chi connectivity index (χ1n) is 14.6. The van der Waals surface area contributed by atoms with Crippen LogP contribution in [0.2, 0.25) is 5.02 Å². The van der Waals surface area contributed by atoms with Gasteiger partial charge in [-0.25, -0.2) is 9.29 Å². The van der Waals surface area contributed by atoms with Crippen molar-refractivity contribution < 1.29 is 33.4 Å². The first-order chi connectivity index (χ1) is 21.9. The van der Waals surface area contributed by atoms with Gasteiger partial charge in [-0.1, -0.05) is 29.3 Å². The van der Waals surface area contributed by atoms with Crippen molar-refractivity contribution in [1.29, 1.82) is 0 Å². The predicted octanol–water partition coefficient (Wildman–Crippen LogP) is 7.21. The number of hydrogen-bond acceptors (Lipinski definition) is 7. The Hall–Kier alpha value is -3.06. The Morgan fingerprint density at radius 3 is 2.52 bits per heavy atom. The molecule has 0 spiro atoms. The lowest BCUT2D eigenvalue weighted by Gasteiger charge is -2.49. The summed E-state index contributed by atoms with van der Waals surface area (Å²) in [6, 6.07) is 9.08. The van der Waals surface area contributed by atoms with E-state index in [2.05, 4.69) is 31.9 Å². The molecule has 3 heterocycles. The topological polar surface area (TPSA) is 104 Å². The third-order valence-electron chi connectivity index (χ3n) is 10.1. The zero-order valence-electron chi connectivity index (χ0n) is 24.4. The molecule has 0 radical (unpaired) electrons. The molecule has 3 aromatic rings. The van der Waals surface area contributed by atoms with Crippen molar-refractivity contribution in [3.63, 3.8) is 0 Å². The number of hydrogen-bond donors (Lipinski definition) is 1. The van der Waals surface area contributed by atoms with Crippen LogP contribution in [-0.2, 0) is 25.7 Å². The average molecular weight is 793 g/mol. The van der Waals surface area contributed by atoms with E-state index in [-0.39, 0.29) is 47.0 Å². The summed E-state index contributed by atoms with van der Waals surface area (Å²) < 4.78 is 20.4. The highest BCUT2D eigenvalue weighted by Gasteiger charge is 2.68. The van der Waals surface area contributed by atoms with Crippen LogP contribution in [0, 0.1) is 34.9 Å². The smallest absolute Gasteiger partial charge is 0.241 e. The molecule has 6 atom stereocenters. The van der Waals surface area contributed by atoms with Gasteiger partial charge in [0.15, 0.2) is 11.5 Å². The van der Waals surface area contributed by atoms with Crippen LogP contribution in [0.5, 0.6) is 11.5 Å². The van der Waals surface area contributed by atoms with Crippen LogP contribution in [-0.4, -0.2) is 40.7 Å². The molecular formula is C33H26Br2ClFN2O6S. The first kappa shape index (κ1) is 31.5. The summed E-state index contributed by atoms with van der Waals surface area (Å²) >= 11 is 14.6. The van der Waals surface area contributed by atoms with Gasteiger partial charge in [0.1, 0.15) is 5.82 Å². The van der Waals surface area contributed by atoms with E-state index in [4.69, 9.17) is 16.3 Å². The fraction of sp³-hybridized carbons (Fsp3) is 0.333. The number of imide groups is 2. The van der Waals surface area contributed by atoms with E-state index in [9.17, 15) is 28.7 Å². The number of allylic oxidation sites excluding steroid dienone is 2. The van der Waals surface area contributed by atoms with Gasteiger partial charge in [-0.15, -0.1) is 11.3 Å². The van der Waals surface area contributed by atoms with Crippen LogP contribution < -0.4 is 9.64 Å². The van der Waals surface area contributed by atoms with Crippen LogP contribution in [0.1, 0.15) is 36.1 Å². The van der Waals surface area contributed by atoms with E-state index in [0.29, 0.717) is 20.9 Å². The van der Waals surface area contributed by atoms with E-state index in [1.807, 2.05) is 23.6 Å². The monoisotopic (exact) mass is 790 g/mol. The Morgan fingerprint density at radius 2 is 1.85 bits per heavy atom. The fourth-order valence-corrected chi connectivity index (χ4v) is 9.81. The summed E-state index contributed by atoms with van der Waals surface area (Å²) in [7, 11) is 1.41. The van der Waals surface area contributed by atoms with Crippen molar-refractivity contribution in [1.82, 2.24) is 4.90 Å². The first-order valence-corrected chi connectivity index (χ1v) is 17.4. The quantitative estimate of drug-likeness (QED) is 0.217. The second-order valence-electron chi connectivity index (χ2n) is 12.2. The van der Waals surface area contributed by atoms with E-state index in [0.717, 1.165) is 21.4 Å². The lowest BCUT2D eigenvalue weighted by atomic mass is 9.51. The highest BCUT2D eigenvalue weighted by molar-refractivity contribution is 9.13. The largest absolute Gasteiger partial charge is 0.503 e. The number of phenols is 1. The molecule has 46 heavy (non-hydrogen) atoms. The van der Waals surface area contributed by atoms with Gasteiger partial charge in [0, 0.05) is 15.3 Å². The van der Waals surface area contributed by atoms with Crippen LogP contribution in [0.3, 0.4) is 0 Å². The van der Waals surface area contributed by atoms with Crippen LogP contribution in [0.4, 0.5) is 10.1 Å². The van der Waals surface area contributed by atoms with Crippen molar-refractivity contribution in [3.05, 3.63) is 83.7 Å². The Bertz CT molecular complexity index is 1890. The molecule has 1 aromatic heterocycles. The summed E-state index contributed by atoms with van der Waals surface area (Å²) in [5.74, 6) is -5.68. The van der Waals surface area contributed by atoms with E-state index in [1.54, 1.807) is 13.0 Å². The normalized spacial score (nSPS) is 28.7. The number of ether oxygens (including phenoxy) is 1. The van der Waals surface area contributed by atoms with Crippen molar-refractivity contribution in [2.45, 2.75) is 32.2 Å². The number of benzene rings is 2. The molecule has 2 aliphatic heterocycles. The number of thiophene rings is 1. The molecule has 4 aliphatic rings. The molecule has 0 bridgehead atoms. The Labute approximate surface area is 289 Å². The number of likely N-dealkylation sites (tertiary alicyclic amines) is 1. The van der Waals surface area contributed by atoms with Crippen molar-refractivity contribution in [2.24, 2.45) is 29.1 Å². The van der Waals surface area contributed by atoms with Gasteiger partial charge in [0.05, 0.1) is 52.0 Å².